The Labute approximate surface area is 224 Å². The molecule has 0 spiro atoms. The van der Waals surface area contributed by atoms with Crippen LogP contribution >= 0.6 is 12.2 Å². The minimum atomic E-state index is -1.33. The van der Waals surface area contributed by atoms with E-state index in [1.54, 1.807) is 19.1 Å². The topological polar surface area (TPSA) is 165 Å². The van der Waals surface area contributed by atoms with Crippen molar-refractivity contribution in [3.8, 4) is 0 Å². The van der Waals surface area contributed by atoms with E-state index >= 15 is 0 Å². The Morgan fingerprint density at radius 3 is 1.89 bits per heavy atom. The molecule has 2 N–H and O–H groups in total. The van der Waals surface area contributed by atoms with E-state index in [4.69, 9.17) is 40.6 Å². The summed E-state index contributed by atoms with van der Waals surface area (Å²) in [7, 11) is 0. The standard InChI is InChI=1S/C24H30N2O11S/c1-6-32-23(31)16-7-9-17(10-8-16)25-24(38)26-22-21(36-15(5)30)20(35-14(4)29)19(34-13(3)28)18(37-22)11-33-12(2)27/h7-10,18-22H,6,11H2,1-5H3,(H2,25,26,38). The van der Waals surface area contributed by atoms with E-state index in [0.29, 0.717) is 11.3 Å². The fourth-order valence-corrected chi connectivity index (χ4v) is 3.78. The molecule has 0 aliphatic carbocycles. The zero-order valence-electron chi connectivity index (χ0n) is 21.5. The number of ether oxygens (including phenoxy) is 6. The van der Waals surface area contributed by atoms with Gasteiger partial charge >= 0.3 is 29.8 Å². The Balaban J connectivity index is 2.30. The van der Waals surface area contributed by atoms with E-state index in [2.05, 4.69) is 10.6 Å². The lowest BCUT2D eigenvalue weighted by atomic mass is 9.97. The van der Waals surface area contributed by atoms with Crippen molar-refractivity contribution in [3.63, 3.8) is 0 Å². The molecule has 0 aromatic heterocycles. The van der Waals surface area contributed by atoms with E-state index in [9.17, 15) is 24.0 Å². The molecule has 1 aromatic rings. The van der Waals surface area contributed by atoms with Crippen molar-refractivity contribution in [2.24, 2.45) is 0 Å². The quantitative estimate of drug-likeness (QED) is 0.254. The van der Waals surface area contributed by atoms with E-state index in [1.807, 2.05) is 0 Å². The third kappa shape index (κ3) is 9.27. The van der Waals surface area contributed by atoms with Crippen molar-refractivity contribution in [3.05, 3.63) is 29.8 Å². The number of thiocarbonyl (C=S) groups is 1. The van der Waals surface area contributed by atoms with Gasteiger partial charge in [0.25, 0.3) is 0 Å². The van der Waals surface area contributed by atoms with Gasteiger partial charge in [-0.3, -0.25) is 19.2 Å². The average molecular weight is 555 g/mol. The van der Waals surface area contributed by atoms with Crippen LogP contribution in [0.15, 0.2) is 24.3 Å². The smallest absolute Gasteiger partial charge is 0.338 e. The number of carbonyl (C=O) groups is 5. The third-order valence-electron chi connectivity index (χ3n) is 4.92. The molecule has 1 aliphatic heterocycles. The van der Waals surface area contributed by atoms with Gasteiger partial charge < -0.3 is 39.1 Å². The molecule has 1 aliphatic rings. The van der Waals surface area contributed by atoms with Gasteiger partial charge in [-0.25, -0.2) is 4.79 Å². The lowest BCUT2D eigenvalue weighted by Gasteiger charge is -2.44. The SMILES string of the molecule is CCOC(=O)c1ccc(NC(=S)NC2OC(COC(C)=O)C(OC(C)=O)C(OC(C)=O)C2OC(C)=O)cc1. The van der Waals surface area contributed by atoms with Crippen LogP contribution in [0.25, 0.3) is 0 Å². The molecule has 1 fully saturated rings. The van der Waals surface area contributed by atoms with Crippen LogP contribution in [0.5, 0.6) is 0 Å². The highest BCUT2D eigenvalue weighted by atomic mass is 32.1. The molecule has 0 saturated carbocycles. The van der Waals surface area contributed by atoms with Gasteiger partial charge in [-0.05, 0) is 43.4 Å². The van der Waals surface area contributed by atoms with Gasteiger partial charge in [0.15, 0.2) is 29.7 Å². The van der Waals surface area contributed by atoms with Crippen molar-refractivity contribution in [1.29, 1.82) is 0 Å². The molecule has 5 atom stereocenters. The van der Waals surface area contributed by atoms with E-state index in [-0.39, 0.29) is 18.3 Å². The first-order valence-electron chi connectivity index (χ1n) is 11.6. The second-order valence-corrected chi connectivity index (χ2v) is 8.42. The summed E-state index contributed by atoms with van der Waals surface area (Å²) in [6.45, 7) is 6.14. The molecule has 2 rings (SSSR count). The highest BCUT2D eigenvalue weighted by Crippen LogP contribution is 2.28. The molecule has 208 valence electrons. The minimum Gasteiger partial charge on any atom is -0.463 e. The van der Waals surface area contributed by atoms with Gasteiger partial charge in [-0.1, -0.05) is 0 Å². The molecular formula is C24H30N2O11S. The van der Waals surface area contributed by atoms with Crippen LogP contribution in [0, 0.1) is 0 Å². The summed E-state index contributed by atoms with van der Waals surface area (Å²) in [6, 6.07) is 6.26. The van der Waals surface area contributed by atoms with Crippen LogP contribution in [0.1, 0.15) is 45.0 Å². The molecular weight excluding hydrogens is 524 g/mol. The Kier molecular flexibility index (Phi) is 11.4. The number of anilines is 1. The predicted octanol–water partition coefficient (Wildman–Crippen LogP) is 1.23. The fourth-order valence-electron chi connectivity index (χ4n) is 3.55. The van der Waals surface area contributed by atoms with Crippen LogP contribution in [0.4, 0.5) is 5.69 Å². The lowest BCUT2D eigenvalue weighted by Crippen LogP contribution is -2.66. The number of rotatable bonds is 9. The summed E-state index contributed by atoms with van der Waals surface area (Å²) in [6.07, 6.45) is -6.29. The maximum absolute atomic E-state index is 11.9. The Morgan fingerprint density at radius 1 is 0.816 bits per heavy atom. The highest BCUT2D eigenvalue weighted by Gasteiger charge is 2.52. The normalized spacial score (nSPS) is 22.3. The molecule has 1 heterocycles. The summed E-state index contributed by atoms with van der Waals surface area (Å²) in [5.41, 5.74) is 0.844. The number of benzene rings is 1. The second-order valence-electron chi connectivity index (χ2n) is 8.02. The van der Waals surface area contributed by atoms with Gasteiger partial charge in [0.2, 0.25) is 0 Å². The summed E-state index contributed by atoms with van der Waals surface area (Å²) < 4.78 is 32.0. The number of hydrogen-bond donors (Lipinski definition) is 2. The summed E-state index contributed by atoms with van der Waals surface area (Å²) >= 11 is 5.37. The largest absolute Gasteiger partial charge is 0.463 e. The van der Waals surface area contributed by atoms with Gasteiger partial charge in [-0.2, -0.15) is 0 Å². The monoisotopic (exact) mass is 554 g/mol. The van der Waals surface area contributed by atoms with E-state index in [1.165, 1.54) is 19.1 Å². The van der Waals surface area contributed by atoms with E-state index in [0.717, 1.165) is 20.8 Å². The van der Waals surface area contributed by atoms with Crippen molar-refractivity contribution in [2.75, 3.05) is 18.5 Å². The summed E-state index contributed by atoms with van der Waals surface area (Å²) in [4.78, 5) is 58.9. The van der Waals surface area contributed by atoms with Crippen molar-refractivity contribution in [2.45, 2.75) is 65.3 Å². The van der Waals surface area contributed by atoms with Crippen molar-refractivity contribution < 1.29 is 52.4 Å². The molecule has 13 nitrogen and oxygen atoms in total. The lowest BCUT2D eigenvalue weighted by molar-refractivity contribution is -0.254. The van der Waals surface area contributed by atoms with Crippen molar-refractivity contribution >= 4 is 52.9 Å². The number of carbonyl (C=O) groups excluding carboxylic acids is 5. The highest BCUT2D eigenvalue weighted by molar-refractivity contribution is 7.80. The fraction of sp³-hybridized carbons (Fsp3) is 0.500. The zero-order valence-corrected chi connectivity index (χ0v) is 22.3. The first-order valence-corrected chi connectivity index (χ1v) is 12.0. The molecule has 1 saturated heterocycles. The van der Waals surface area contributed by atoms with Crippen molar-refractivity contribution in [1.82, 2.24) is 5.32 Å². The number of nitrogens with one attached hydrogen (secondary N) is 2. The first-order chi connectivity index (χ1) is 17.9. The first kappa shape index (κ1) is 30.4. The third-order valence-corrected chi connectivity index (χ3v) is 5.14. The predicted molar refractivity (Wildman–Crippen MR) is 134 cm³/mol. The average Bonchev–Trinajstić information content (AvgIpc) is 2.81. The Bertz CT molecular complexity index is 1050. The van der Waals surface area contributed by atoms with Gasteiger partial charge in [0, 0.05) is 33.4 Å². The number of esters is 5. The van der Waals surface area contributed by atoms with Crippen LogP contribution in [0.2, 0.25) is 0 Å². The minimum absolute atomic E-state index is 0.00906. The van der Waals surface area contributed by atoms with Crippen LogP contribution in [-0.2, 0) is 47.6 Å². The Morgan fingerprint density at radius 2 is 1.37 bits per heavy atom. The van der Waals surface area contributed by atoms with Gasteiger partial charge in [0.05, 0.1) is 12.2 Å². The van der Waals surface area contributed by atoms with Crippen LogP contribution in [0.3, 0.4) is 0 Å². The van der Waals surface area contributed by atoms with Gasteiger partial charge in [0.1, 0.15) is 12.7 Å². The Hall–Kier alpha value is -3.78. The number of hydrogen-bond acceptors (Lipinski definition) is 12. The maximum Gasteiger partial charge on any atom is 0.338 e. The molecule has 0 radical (unpaired) electrons. The molecule has 5 unspecified atom stereocenters. The second kappa shape index (κ2) is 14.2. The molecule has 1 aromatic carbocycles. The zero-order chi connectivity index (χ0) is 28.4. The summed E-state index contributed by atoms with van der Waals surface area (Å²) in [5.74, 6) is -3.33. The van der Waals surface area contributed by atoms with Crippen LogP contribution in [-0.4, -0.2) is 78.8 Å². The summed E-state index contributed by atoms with van der Waals surface area (Å²) in [5, 5.41) is 5.74. The molecule has 38 heavy (non-hydrogen) atoms. The maximum atomic E-state index is 11.9. The van der Waals surface area contributed by atoms with Crippen LogP contribution < -0.4 is 10.6 Å². The molecule has 0 amide bonds. The van der Waals surface area contributed by atoms with Gasteiger partial charge in [-0.15, -0.1) is 0 Å². The molecule has 14 heteroatoms. The van der Waals surface area contributed by atoms with E-state index < -0.39 is 60.5 Å². The molecule has 0 bridgehead atoms.